The van der Waals surface area contributed by atoms with Gasteiger partial charge in [0, 0.05) is 32.2 Å². The molecule has 1 heterocycles. The lowest BCUT2D eigenvalue weighted by molar-refractivity contribution is 0.0906. The van der Waals surface area contributed by atoms with Crippen molar-refractivity contribution in [3.8, 4) is 0 Å². The molecule has 1 saturated heterocycles. The van der Waals surface area contributed by atoms with Crippen LogP contribution in [0.5, 0.6) is 0 Å². The smallest absolute Gasteiger partial charge is 0.0820 e. The van der Waals surface area contributed by atoms with Crippen LogP contribution in [0.4, 0.5) is 0 Å². The van der Waals surface area contributed by atoms with Crippen LogP contribution in [0.1, 0.15) is 25.8 Å². The van der Waals surface area contributed by atoms with Gasteiger partial charge in [-0.05, 0) is 17.9 Å². The molecule has 3 heteroatoms. The molecule has 0 saturated carbocycles. The number of hydrogen-bond acceptors (Lipinski definition) is 3. The van der Waals surface area contributed by atoms with Gasteiger partial charge in [0.05, 0.1) is 6.10 Å². The van der Waals surface area contributed by atoms with Gasteiger partial charge < -0.3 is 10.4 Å². The van der Waals surface area contributed by atoms with Crippen LogP contribution in [-0.2, 0) is 6.54 Å². The largest absolute Gasteiger partial charge is 0.390 e. The summed E-state index contributed by atoms with van der Waals surface area (Å²) in [5.41, 5.74) is 1.32. The van der Waals surface area contributed by atoms with Gasteiger partial charge in [0.2, 0.25) is 0 Å². The number of nitrogens with one attached hydrogen (secondary N) is 1. The zero-order valence-corrected chi connectivity index (χ0v) is 12.0. The number of aliphatic hydroxyl groups is 1. The summed E-state index contributed by atoms with van der Waals surface area (Å²) in [6.45, 7) is 8.07. The fourth-order valence-electron chi connectivity index (χ4n) is 2.76. The van der Waals surface area contributed by atoms with Gasteiger partial charge in [-0.1, -0.05) is 44.2 Å². The first-order chi connectivity index (χ1) is 9.15. The van der Waals surface area contributed by atoms with E-state index in [9.17, 15) is 5.11 Å². The summed E-state index contributed by atoms with van der Waals surface area (Å²) in [6, 6.07) is 10.7. The third-order valence-electron chi connectivity index (χ3n) is 3.72. The first-order valence-corrected chi connectivity index (χ1v) is 7.33. The highest BCUT2D eigenvalue weighted by atomic mass is 16.3. The van der Waals surface area contributed by atoms with Crippen LogP contribution >= 0.6 is 0 Å². The molecule has 2 atom stereocenters. The molecular weight excluding hydrogens is 236 g/mol. The Morgan fingerprint density at radius 1 is 1.32 bits per heavy atom. The van der Waals surface area contributed by atoms with Crippen molar-refractivity contribution < 1.29 is 5.11 Å². The fourth-order valence-corrected chi connectivity index (χ4v) is 2.76. The third kappa shape index (κ3) is 4.60. The summed E-state index contributed by atoms with van der Waals surface area (Å²) in [6.07, 6.45) is 0.772. The number of hydrogen-bond donors (Lipinski definition) is 2. The van der Waals surface area contributed by atoms with E-state index >= 15 is 0 Å². The molecule has 0 amide bonds. The summed E-state index contributed by atoms with van der Waals surface area (Å²) in [4.78, 5) is 2.34. The normalized spacial score (nSPS) is 25.5. The molecule has 2 N–H and O–H groups in total. The van der Waals surface area contributed by atoms with Crippen LogP contribution in [0.2, 0.25) is 0 Å². The highest BCUT2D eigenvalue weighted by Crippen LogP contribution is 2.13. The standard InChI is InChI=1S/C16H26N2O/c1-13(2)10-15-16(19)12-18(9-8-17-15)11-14-6-4-3-5-7-14/h3-7,13,15-17,19H,8-12H2,1-2H3/t15-,16+/m1/s1. The zero-order chi connectivity index (χ0) is 13.7. The van der Waals surface area contributed by atoms with Crippen molar-refractivity contribution in [3.63, 3.8) is 0 Å². The molecule has 0 aliphatic carbocycles. The number of rotatable bonds is 4. The Bertz CT molecular complexity index is 366. The van der Waals surface area contributed by atoms with E-state index in [0.29, 0.717) is 5.92 Å². The van der Waals surface area contributed by atoms with E-state index in [1.54, 1.807) is 0 Å². The first kappa shape index (κ1) is 14.5. The molecule has 0 aromatic heterocycles. The number of nitrogens with zero attached hydrogens (tertiary/aromatic N) is 1. The molecule has 106 valence electrons. The maximum atomic E-state index is 10.3. The third-order valence-corrected chi connectivity index (χ3v) is 3.72. The second kappa shape index (κ2) is 7.04. The Kier molecular flexibility index (Phi) is 5.37. The molecule has 1 aliphatic heterocycles. The van der Waals surface area contributed by atoms with Gasteiger partial charge in [-0.2, -0.15) is 0 Å². The summed E-state index contributed by atoms with van der Waals surface area (Å²) >= 11 is 0. The van der Waals surface area contributed by atoms with Crippen molar-refractivity contribution in [1.29, 1.82) is 0 Å². The molecule has 0 unspecified atom stereocenters. The molecule has 1 aromatic carbocycles. The van der Waals surface area contributed by atoms with E-state index in [0.717, 1.165) is 32.6 Å². The lowest BCUT2D eigenvalue weighted by Crippen LogP contribution is -2.42. The maximum Gasteiger partial charge on any atom is 0.0820 e. The Labute approximate surface area is 116 Å². The van der Waals surface area contributed by atoms with Gasteiger partial charge in [0.1, 0.15) is 0 Å². The van der Waals surface area contributed by atoms with Crippen molar-refractivity contribution in [2.75, 3.05) is 19.6 Å². The van der Waals surface area contributed by atoms with Crippen molar-refractivity contribution in [2.24, 2.45) is 5.92 Å². The summed E-state index contributed by atoms with van der Waals surface area (Å²) in [5, 5.41) is 13.8. The monoisotopic (exact) mass is 262 g/mol. The van der Waals surface area contributed by atoms with Crippen LogP contribution in [0.15, 0.2) is 30.3 Å². The van der Waals surface area contributed by atoms with Gasteiger partial charge in [-0.15, -0.1) is 0 Å². The quantitative estimate of drug-likeness (QED) is 0.869. The Balaban J connectivity index is 1.91. The summed E-state index contributed by atoms with van der Waals surface area (Å²) < 4.78 is 0. The molecule has 0 bridgehead atoms. The zero-order valence-electron chi connectivity index (χ0n) is 12.0. The minimum absolute atomic E-state index is 0.237. The predicted octanol–water partition coefficient (Wildman–Crippen LogP) is 1.87. The minimum Gasteiger partial charge on any atom is -0.390 e. The van der Waals surface area contributed by atoms with Crippen LogP contribution in [0.25, 0.3) is 0 Å². The van der Waals surface area contributed by atoms with Crippen LogP contribution in [0, 0.1) is 5.92 Å². The first-order valence-electron chi connectivity index (χ1n) is 7.33. The van der Waals surface area contributed by atoms with E-state index < -0.39 is 0 Å². The highest BCUT2D eigenvalue weighted by Gasteiger charge is 2.25. The van der Waals surface area contributed by atoms with Crippen molar-refractivity contribution >= 4 is 0 Å². The second-order valence-corrected chi connectivity index (χ2v) is 5.98. The SMILES string of the molecule is CC(C)C[C@H]1NCCN(Cc2ccccc2)C[C@@H]1O. The van der Waals surface area contributed by atoms with E-state index in [1.807, 2.05) is 6.07 Å². The molecule has 1 fully saturated rings. The second-order valence-electron chi connectivity index (χ2n) is 5.98. The molecule has 2 rings (SSSR count). The number of β-amino-alcohol motifs (C(OH)–C–C–N with tert-alkyl or cyclic N) is 1. The molecule has 0 radical (unpaired) electrons. The highest BCUT2D eigenvalue weighted by molar-refractivity contribution is 5.14. The lowest BCUT2D eigenvalue weighted by Gasteiger charge is -2.25. The van der Waals surface area contributed by atoms with Gasteiger partial charge in [0.15, 0.2) is 0 Å². The topological polar surface area (TPSA) is 35.5 Å². The fraction of sp³-hybridized carbons (Fsp3) is 0.625. The van der Waals surface area contributed by atoms with Crippen molar-refractivity contribution in [2.45, 2.75) is 39.0 Å². The molecule has 1 aromatic rings. The van der Waals surface area contributed by atoms with E-state index in [4.69, 9.17) is 0 Å². The average molecular weight is 262 g/mol. The van der Waals surface area contributed by atoms with Gasteiger partial charge in [-0.3, -0.25) is 4.90 Å². The molecule has 1 aliphatic rings. The Hall–Kier alpha value is -0.900. The molecule has 0 spiro atoms. The lowest BCUT2D eigenvalue weighted by atomic mass is 9.99. The van der Waals surface area contributed by atoms with Gasteiger partial charge in [-0.25, -0.2) is 0 Å². The molecule has 19 heavy (non-hydrogen) atoms. The van der Waals surface area contributed by atoms with Crippen LogP contribution < -0.4 is 5.32 Å². The number of benzene rings is 1. The van der Waals surface area contributed by atoms with Crippen LogP contribution in [-0.4, -0.2) is 41.8 Å². The van der Waals surface area contributed by atoms with Crippen molar-refractivity contribution in [3.05, 3.63) is 35.9 Å². The minimum atomic E-state index is -0.270. The Morgan fingerprint density at radius 2 is 2.05 bits per heavy atom. The van der Waals surface area contributed by atoms with Crippen molar-refractivity contribution in [1.82, 2.24) is 10.2 Å². The van der Waals surface area contributed by atoms with E-state index in [-0.39, 0.29) is 12.1 Å². The predicted molar refractivity (Wildman–Crippen MR) is 79.0 cm³/mol. The van der Waals surface area contributed by atoms with E-state index in [2.05, 4.69) is 48.3 Å². The number of aliphatic hydroxyl groups excluding tert-OH is 1. The summed E-state index contributed by atoms with van der Waals surface area (Å²) in [7, 11) is 0. The van der Waals surface area contributed by atoms with E-state index in [1.165, 1.54) is 5.56 Å². The molecule has 3 nitrogen and oxygen atoms in total. The van der Waals surface area contributed by atoms with Gasteiger partial charge in [0.25, 0.3) is 0 Å². The van der Waals surface area contributed by atoms with Gasteiger partial charge >= 0.3 is 0 Å². The molecular formula is C16H26N2O. The maximum absolute atomic E-state index is 10.3. The van der Waals surface area contributed by atoms with Crippen LogP contribution in [0.3, 0.4) is 0 Å². The Morgan fingerprint density at radius 3 is 2.74 bits per heavy atom. The average Bonchev–Trinajstić information content (AvgIpc) is 2.53. The summed E-state index contributed by atoms with van der Waals surface area (Å²) in [5.74, 6) is 0.618.